The maximum absolute atomic E-state index is 11.6. The van der Waals surface area contributed by atoms with E-state index in [0.717, 1.165) is 16.8 Å². The Morgan fingerprint density at radius 1 is 1.40 bits per heavy atom. The first kappa shape index (κ1) is 16.7. The molecular weight excluding hydrogens is 294 g/mol. The number of halogens is 1. The average molecular weight is 314 g/mol. The number of hydrogen-bond acceptors (Lipinski definition) is 2. The smallest absolute Gasteiger partial charge is 0.242 e. The molecule has 0 spiro atoms. The van der Waals surface area contributed by atoms with E-state index in [0.29, 0.717) is 16.7 Å². The number of aryl methyl sites for hydroxylation is 2. The van der Waals surface area contributed by atoms with Crippen LogP contribution in [0.25, 0.3) is 0 Å². The number of anilines is 1. The molecule has 1 aromatic rings. The molecule has 110 valence electrons. The molecule has 0 aliphatic heterocycles. The van der Waals surface area contributed by atoms with Gasteiger partial charge in [-0.15, -0.1) is 0 Å². The third kappa shape index (κ3) is 4.65. The van der Waals surface area contributed by atoms with Crippen molar-refractivity contribution in [1.29, 1.82) is 0 Å². The van der Waals surface area contributed by atoms with Crippen molar-refractivity contribution in [2.24, 2.45) is 0 Å². The Morgan fingerprint density at radius 3 is 2.60 bits per heavy atom. The zero-order valence-electron chi connectivity index (χ0n) is 12.1. The number of nitrogens with one attached hydrogen (secondary N) is 3. The SMILES string of the molecule is CCNC(=O)[C@H](C)NC(=S)Nc1c(C)cc(C)cc1Cl. The van der Waals surface area contributed by atoms with Crippen molar-refractivity contribution in [1.82, 2.24) is 10.6 Å². The summed E-state index contributed by atoms with van der Waals surface area (Å²) in [5.41, 5.74) is 2.86. The van der Waals surface area contributed by atoms with Crippen molar-refractivity contribution < 1.29 is 4.79 Å². The van der Waals surface area contributed by atoms with Crippen LogP contribution >= 0.6 is 23.8 Å². The van der Waals surface area contributed by atoms with Crippen molar-refractivity contribution in [3.63, 3.8) is 0 Å². The summed E-state index contributed by atoms with van der Waals surface area (Å²) in [7, 11) is 0. The average Bonchev–Trinajstić information content (AvgIpc) is 2.34. The van der Waals surface area contributed by atoms with Gasteiger partial charge >= 0.3 is 0 Å². The summed E-state index contributed by atoms with van der Waals surface area (Å²) < 4.78 is 0. The largest absolute Gasteiger partial charge is 0.355 e. The number of likely N-dealkylation sites (N-methyl/N-ethyl adjacent to an activating group) is 1. The second-order valence-corrected chi connectivity index (χ2v) is 5.47. The van der Waals surface area contributed by atoms with E-state index in [-0.39, 0.29) is 5.91 Å². The molecule has 0 unspecified atom stereocenters. The van der Waals surface area contributed by atoms with E-state index in [9.17, 15) is 4.79 Å². The molecule has 0 aliphatic carbocycles. The molecule has 0 saturated carbocycles. The van der Waals surface area contributed by atoms with Crippen LogP contribution in [0.15, 0.2) is 12.1 Å². The highest BCUT2D eigenvalue weighted by Gasteiger charge is 2.14. The Labute approximate surface area is 130 Å². The van der Waals surface area contributed by atoms with Gasteiger partial charge in [-0.05, 0) is 57.1 Å². The number of rotatable bonds is 4. The van der Waals surface area contributed by atoms with Gasteiger partial charge in [0.15, 0.2) is 5.11 Å². The summed E-state index contributed by atoms with van der Waals surface area (Å²) in [6, 6.07) is 3.48. The van der Waals surface area contributed by atoms with E-state index in [1.54, 1.807) is 6.92 Å². The second kappa shape index (κ2) is 7.45. The number of carbonyl (C=O) groups excluding carboxylic acids is 1. The molecule has 20 heavy (non-hydrogen) atoms. The number of benzene rings is 1. The number of carbonyl (C=O) groups is 1. The quantitative estimate of drug-likeness (QED) is 0.748. The van der Waals surface area contributed by atoms with Crippen LogP contribution < -0.4 is 16.0 Å². The standard InChI is InChI=1S/C14H20ClN3OS/c1-5-16-13(19)10(4)17-14(20)18-12-9(3)6-8(2)7-11(12)15/h6-7,10H,5H2,1-4H3,(H,16,19)(H2,17,18,20)/t10-/m0/s1. The summed E-state index contributed by atoms with van der Waals surface area (Å²) >= 11 is 11.4. The monoisotopic (exact) mass is 313 g/mol. The predicted molar refractivity (Wildman–Crippen MR) is 88.4 cm³/mol. The first-order valence-corrected chi connectivity index (χ1v) is 7.25. The maximum Gasteiger partial charge on any atom is 0.242 e. The van der Waals surface area contributed by atoms with Gasteiger partial charge in [-0.1, -0.05) is 17.7 Å². The fraction of sp³-hybridized carbons (Fsp3) is 0.429. The fourth-order valence-corrected chi connectivity index (χ4v) is 2.46. The molecule has 0 aromatic heterocycles. The van der Waals surface area contributed by atoms with Gasteiger partial charge in [0.2, 0.25) is 5.91 Å². The van der Waals surface area contributed by atoms with Gasteiger partial charge in [-0.2, -0.15) is 0 Å². The molecule has 0 bridgehead atoms. The second-order valence-electron chi connectivity index (χ2n) is 4.65. The lowest BCUT2D eigenvalue weighted by molar-refractivity contribution is -0.122. The van der Waals surface area contributed by atoms with E-state index in [1.165, 1.54) is 0 Å². The van der Waals surface area contributed by atoms with Gasteiger partial charge in [0.05, 0.1) is 10.7 Å². The van der Waals surface area contributed by atoms with Crippen LogP contribution in [0.2, 0.25) is 5.02 Å². The lowest BCUT2D eigenvalue weighted by Crippen LogP contribution is -2.46. The Hall–Kier alpha value is -1.33. The molecule has 3 N–H and O–H groups in total. The van der Waals surface area contributed by atoms with Crippen LogP contribution in [0, 0.1) is 13.8 Å². The van der Waals surface area contributed by atoms with Crippen LogP contribution in [-0.4, -0.2) is 23.6 Å². The maximum atomic E-state index is 11.6. The predicted octanol–water partition coefficient (Wildman–Crippen LogP) is 2.77. The van der Waals surface area contributed by atoms with Gasteiger partial charge in [0.1, 0.15) is 6.04 Å². The molecule has 0 saturated heterocycles. The van der Waals surface area contributed by atoms with Crippen molar-refractivity contribution in [3.05, 3.63) is 28.3 Å². The summed E-state index contributed by atoms with van der Waals surface area (Å²) in [6.07, 6.45) is 0. The van der Waals surface area contributed by atoms with Crippen LogP contribution in [0.1, 0.15) is 25.0 Å². The molecular formula is C14H20ClN3OS. The zero-order chi connectivity index (χ0) is 15.3. The first-order chi connectivity index (χ1) is 9.35. The summed E-state index contributed by atoms with van der Waals surface area (Å²) in [5.74, 6) is -0.0941. The van der Waals surface area contributed by atoms with Gasteiger partial charge in [-0.3, -0.25) is 4.79 Å². The highest BCUT2D eigenvalue weighted by Crippen LogP contribution is 2.27. The Morgan fingerprint density at radius 2 is 2.05 bits per heavy atom. The lowest BCUT2D eigenvalue weighted by atomic mass is 10.1. The molecule has 1 rings (SSSR count). The van der Waals surface area contributed by atoms with Crippen LogP contribution in [0.3, 0.4) is 0 Å². The summed E-state index contributed by atoms with van der Waals surface area (Å²) in [6.45, 7) is 8.15. The lowest BCUT2D eigenvalue weighted by Gasteiger charge is -2.18. The molecule has 4 nitrogen and oxygen atoms in total. The molecule has 0 fully saturated rings. The summed E-state index contributed by atoms with van der Waals surface area (Å²) in [5, 5.41) is 9.68. The fourth-order valence-electron chi connectivity index (χ4n) is 1.81. The summed E-state index contributed by atoms with van der Waals surface area (Å²) in [4.78, 5) is 11.6. The molecule has 1 amide bonds. The van der Waals surface area contributed by atoms with E-state index >= 15 is 0 Å². The van der Waals surface area contributed by atoms with Crippen molar-refractivity contribution in [2.75, 3.05) is 11.9 Å². The Kier molecular flexibility index (Phi) is 6.23. The number of hydrogen-bond donors (Lipinski definition) is 3. The Balaban J connectivity index is 2.70. The highest BCUT2D eigenvalue weighted by atomic mass is 35.5. The van der Waals surface area contributed by atoms with E-state index in [2.05, 4.69) is 16.0 Å². The van der Waals surface area contributed by atoms with Crippen molar-refractivity contribution >= 4 is 40.5 Å². The van der Waals surface area contributed by atoms with Crippen molar-refractivity contribution in [3.8, 4) is 0 Å². The van der Waals surface area contributed by atoms with Crippen LogP contribution in [0.5, 0.6) is 0 Å². The third-order valence-corrected chi connectivity index (χ3v) is 3.28. The minimum Gasteiger partial charge on any atom is -0.355 e. The van der Waals surface area contributed by atoms with Gasteiger partial charge < -0.3 is 16.0 Å². The molecule has 6 heteroatoms. The Bertz CT molecular complexity index is 496. The molecule has 0 aliphatic rings. The minimum atomic E-state index is -0.403. The van der Waals surface area contributed by atoms with Crippen molar-refractivity contribution in [2.45, 2.75) is 33.7 Å². The van der Waals surface area contributed by atoms with Crippen LogP contribution in [-0.2, 0) is 4.79 Å². The molecule has 1 atom stereocenters. The minimum absolute atomic E-state index is 0.0941. The topological polar surface area (TPSA) is 53.2 Å². The number of amides is 1. The van der Waals surface area contributed by atoms with Gasteiger partial charge in [0, 0.05) is 6.54 Å². The van der Waals surface area contributed by atoms with E-state index < -0.39 is 6.04 Å². The molecule has 0 radical (unpaired) electrons. The van der Waals surface area contributed by atoms with Gasteiger partial charge in [0.25, 0.3) is 0 Å². The molecule has 1 aromatic carbocycles. The highest BCUT2D eigenvalue weighted by molar-refractivity contribution is 7.80. The molecule has 0 heterocycles. The normalized spacial score (nSPS) is 11.7. The van der Waals surface area contributed by atoms with E-state index in [1.807, 2.05) is 32.9 Å². The third-order valence-electron chi connectivity index (χ3n) is 2.76. The zero-order valence-corrected chi connectivity index (χ0v) is 13.7. The number of thiocarbonyl (C=S) groups is 1. The van der Waals surface area contributed by atoms with Crippen LogP contribution in [0.4, 0.5) is 5.69 Å². The van der Waals surface area contributed by atoms with E-state index in [4.69, 9.17) is 23.8 Å². The van der Waals surface area contributed by atoms with Gasteiger partial charge in [-0.25, -0.2) is 0 Å². The first-order valence-electron chi connectivity index (χ1n) is 6.47.